The van der Waals surface area contributed by atoms with E-state index in [0.717, 1.165) is 6.26 Å². The third-order valence-corrected chi connectivity index (χ3v) is 4.42. The first-order valence-corrected chi connectivity index (χ1v) is 7.96. The first-order chi connectivity index (χ1) is 8.58. The zero-order valence-electron chi connectivity index (χ0n) is 10.7. The van der Waals surface area contributed by atoms with Gasteiger partial charge in [-0.25, -0.2) is 12.7 Å². The average Bonchev–Trinajstić information content (AvgIpc) is 2.25. The van der Waals surface area contributed by atoms with Crippen LogP contribution in [0.25, 0.3) is 0 Å². The molecular weight excluding hydrogens is 283 g/mol. The van der Waals surface area contributed by atoms with E-state index in [9.17, 15) is 26.4 Å². The Morgan fingerprint density at radius 3 is 2.53 bits per heavy atom. The molecule has 0 aliphatic carbocycles. The lowest BCUT2D eigenvalue weighted by Gasteiger charge is -2.30. The van der Waals surface area contributed by atoms with Crippen molar-refractivity contribution in [3.8, 4) is 0 Å². The molecule has 0 N–H and O–H groups in total. The molecule has 1 aliphatic heterocycles. The fourth-order valence-corrected chi connectivity index (χ4v) is 3.14. The number of nitrogens with zero attached hydrogens (tertiary/aromatic N) is 1. The predicted octanol–water partition coefficient (Wildman–Crippen LogP) is 1.96. The van der Waals surface area contributed by atoms with Crippen LogP contribution < -0.4 is 0 Å². The quantitative estimate of drug-likeness (QED) is 0.780. The lowest BCUT2D eigenvalue weighted by molar-refractivity contribution is -0.143. The highest BCUT2D eigenvalue weighted by Gasteiger charge is 2.30. The molecule has 0 radical (unpaired) electrons. The van der Waals surface area contributed by atoms with E-state index in [0.29, 0.717) is 19.4 Å². The summed E-state index contributed by atoms with van der Waals surface area (Å²) in [6, 6.07) is 0. The van der Waals surface area contributed by atoms with Gasteiger partial charge in [0.25, 0.3) is 0 Å². The van der Waals surface area contributed by atoms with Crippen molar-refractivity contribution in [2.45, 2.75) is 38.3 Å². The molecule has 1 heterocycles. The van der Waals surface area contributed by atoms with E-state index in [2.05, 4.69) is 0 Å². The second kappa shape index (κ2) is 6.21. The minimum Gasteiger partial charge on any atom is -0.300 e. The Morgan fingerprint density at radius 2 is 2.00 bits per heavy atom. The molecule has 19 heavy (non-hydrogen) atoms. The number of halogens is 3. The van der Waals surface area contributed by atoms with Crippen LogP contribution in [0.2, 0.25) is 0 Å². The summed E-state index contributed by atoms with van der Waals surface area (Å²) in [6.07, 6.45) is -3.48. The number of alkyl halides is 3. The average molecular weight is 301 g/mol. The van der Waals surface area contributed by atoms with Crippen molar-refractivity contribution in [2.24, 2.45) is 5.92 Å². The Labute approximate surface area is 111 Å². The van der Waals surface area contributed by atoms with E-state index in [1.54, 1.807) is 0 Å². The Balaban J connectivity index is 2.42. The smallest absolute Gasteiger partial charge is 0.300 e. The molecule has 112 valence electrons. The summed E-state index contributed by atoms with van der Waals surface area (Å²) in [5, 5.41) is 0. The SMILES string of the molecule is CS(=O)(=O)N1CCCC(CC(=O)CCC(F)(F)F)C1. The van der Waals surface area contributed by atoms with Crippen LogP contribution in [0.3, 0.4) is 0 Å². The summed E-state index contributed by atoms with van der Waals surface area (Å²) in [4.78, 5) is 11.4. The molecule has 1 aliphatic rings. The van der Waals surface area contributed by atoms with Crippen molar-refractivity contribution < 1.29 is 26.4 Å². The van der Waals surface area contributed by atoms with Crippen LogP contribution in [0.15, 0.2) is 0 Å². The van der Waals surface area contributed by atoms with Crippen molar-refractivity contribution in [1.29, 1.82) is 0 Å². The molecule has 1 atom stereocenters. The van der Waals surface area contributed by atoms with Gasteiger partial charge in [-0.2, -0.15) is 13.2 Å². The van der Waals surface area contributed by atoms with Gasteiger partial charge in [-0.1, -0.05) is 0 Å². The number of hydrogen-bond acceptors (Lipinski definition) is 3. The maximum atomic E-state index is 12.0. The Morgan fingerprint density at radius 1 is 1.37 bits per heavy atom. The van der Waals surface area contributed by atoms with Crippen LogP contribution in [0.5, 0.6) is 0 Å². The lowest BCUT2D eigenvalue weighted by Crippen LogP contribution is -2.39. The van der Waals surface area contributed by atoms with Crippen molar-refractivity contribution in [3.05, 3.63) is 0 Å². The Kier molecular flexibility index (Phi) is 5.37. The molecule has 1 rings (SSSR count). The molecule has 4 nitrogen and oxygen atoms in total. The number of rotatable bonds is 5. The summed E-state index contributed by atoms with van der Waals surface area (Å²) in [7, 11) is -3.29. The number of hydrogen-bond donors (Lipinski definition) is 0. The van der Waals surface area contributed by atoms with Crippen molar-refractivity contribution in [2.75, 3.05) is 19.3 Å². The summed E-state index contributed by atoms with van der Waals surface area (Å²) in [6.45, 7) is 0.655. The molecule has 0 aromatic rings. The lowest BCUT2D eigenvalue weighted by atomic mass is 9.93. The van der Waals surface area contributed by atoms with Crippen LogP contribution in [-0.2, 0) is 14.8 Å². The van der Waals surface area contributed by atoms with Crippen LogP contribution in [0, 0.1) is 5.92 Å². The first kappa shape index (κ1) is 16.4. The zero-order chi connectivity index (χ0) is 14.7. The molecule has 0 amide bonds. The van der Waals surface area contributed by atoms with E-state index in [-0.39, 0.29) is 18.9 Å². The largest absolute Gasteiger partial charge is 0.389 e. The fourth-order valence-electron chi connectivity index (χ4n) is 2.20. The standard InChI is InChI=1S/C11H18F3NO3S/c1-19(17,18)15-6-2-3-9(8-15)7-10(16)4-5-11(12,13)14/h9H,2-8H2,1H3. The van der Waals surface area contributed by atoms with Gasteiger partial charge in [-0.15, -0.1) is 0 Å². The molecule has 8 heteroatoms. The van der Waals surface area contributed by atoms with E-state index < -0.39 is 34.8 Å². The van der Waals surface area contributed by atoms with Crippen LogP contribution in [-0.4, -0.2) is 44.0 Å². The van der Waals surface area contributed by atoms with Gasteiger partial charge in [0.15, 0.2) is 0 Å². The maximum Gasteiger partial charge on any atom is 0.389 e. The number of sulfonamides is 1. The molecule has 1 saturated heterocycles. The molecule has 0 spiro atoms. The van der Waals surface area contributed by atoms with Gasteiger partial charge in [0.05, 0.1) is 12.7 Å². The zero-order valence-corrected chi connectivity index (χ0v) is 11.6. The summed E-state index contributed by atoms with van der Waals surface area (Å²) in [5.74, 6) is -0.609. The normalized spacial score (nSPS) is 22.4. The first-order valence-electron chi connectivity index (χ1n) is 6.11. The Bertz CT molecular complexity index is 419. The van der Waals surface area contributed by atoms with Gasteiger partial charge in [0, 0.05) is 25.9 Å². The summed E-state index contributed by atoms with van der Waals surface area (Å²) in [5.41, 5.74) is 0. The number of Topliss-reactive ketones (excluding diaryl/α,β-unsaturated/α-hetero) is 1. The molecule has 1 fully saturated rings. The van der Waals surface area contributed by atoms with Crippen LogP contribution in [0.4, 0.5) is 13.2 Å². The molecule has 0 aromatic heterocycles. The number of carbonyl (C=O) groups excluding carboxylic acids is 1. The maximum absolute atomic E-state index is 12.0. The van der Waals surface area contributed by atoms with E-state index in [4.69, 9.17) is 0 Å². The van der Waals surface area contributed by atoms with Crippen molar-refractivity contribution in [3.63, 3.8) is 0 Å². The minimum absolute atomic E-state index is 0.0299. The second-order valence-corrected chi connectivity index (χ2v) is 6.97. The molecular formula is C11H18F3NO3S. The molecule has 0 bridgehead atoms. The summed E-state index contributed by atoms with van der Waals surface area (Å²) < 4.78 is 59.9. The van der Waals surface area contributed by atoms with E-state index in [1.165, 1.54) is 4.31 Å². The highest BCUT2D eigenvalue weighted by atomic mass is 32.2. The topological polar surface area (TPSA) is 54.5 Å². The molecule has 0 aromatic carbocycles. The predicted molar refractivity (Wildman–Crippen MR) is 64.1 cm³/mol. The monoisotopic (exact) mass is 301 g/mol. The molecule has 1 unspecified atom stereocenters. The molecule has 0 saturated carbocycles. The Hall–Kier alpha value is -0.630. The highest BCUT2D eigenvalue weighted by Crippen LogP contribution is 2.25. The van der Waals surface area contributed by atoms with Crippen molar-refractivity contribution >= 4 is 15.8 Å². The van der Waals surface area contributed by atoms with E-state index in [1.807, 2.05) is 0 Å². The van der Waals surface area contributed by atoms with Gasteiger partial charge in [-0.3, -0.25) is 4.79 Å². The van der Waals surface area contributed by atoms with Gasteiger partial charge in [0.1, 0.15) is 5.78 Å². The minimum atomic E-state index is -4.32. The fraction of sp³-hybridized carbons (Fsp3) is 0.909. The van der Waals surface area contributed by atoms with Crippen LogP contribution in [0.1, 0.15) is 32.1 Å². The van der Waals surface area contributed by atoms with Gasteiger partial charge in [-0.05, 0) is 18.8 Å². The second-order valence-electron chi connectivity index (χ2n) is 4.99. The third kappa shape index (κ3) is 6.38. The van der Waals surface area contributed by atoms with Gasteiger partial charge in [0.2, 0.25) is 10.0 Å². The van der Waals surface area contributed by atoms with Gasteiger partial charge >= 0.3 is 6.18 Å². The number of carbonyl (C=O) groups is 1. The van der Waals surface area contributed by atoms with E-state index >= 15 is 0 Å². The van der Waals surface area contributed by atoms with Crippen molar-refractivity contribution in [1.82, 2.24) is 4.31 Å². The van der Waals surface area contributed by atoms with Gasteiger partial charge < -0.3 is 0 Å². The number of piperidine rings is 1. The third-order valence-electron chi connectivity index (χ3n) is 3.15. The number of ketones is 1. The highest BCUT2D eigenvalue weighted by molar-refractivity contribution is 7.88. The van der Waals surface area contributed by atoms with Crippen LogP contribution >= 0.6 is 0 Å². The summed E-state index contributed by atoms with van der Waals surface area (Å²) >= 11 is 0.